The lowest BCUT2D eigenvalue weighted by Gasteiger charge is -2.28. The summed E-state index contributed by atoms with van der Waals surface area (Å²) in [6, 6.07) is 6.84. The molecule has 0 radical (unpaired) electrons. The fraction of sp³-hybridized carbons (Fsp3) is 0.538. The van der Waals surface area contributed by atoms with Crippen LogP contribution in [0, 0.1) is 10.1 Å². The molecule has 5 heteroatoms. The number of non-ortho nitro benzene ring substituents is 1. The Labute approximate surface area is 106 Å². The molecule has 1 aliphatic rings. The normalized spacial score (nSPS) is 25.0. The largest absolute Gasteiger partial charge is 0.379 e. The summed E-state index contributed by atoms with van der Waals surface area (Å²) in [5.74, 6) is 0. The van der Waals surface area contributed by atoms with Gasteiger partial charge in [0.05, 0.1) is 11.5 Å². The minimum atomic E-state index is -0.381. The molecule has 0 aliphatic carbocycles. The second-order valence-electron chi connectivity index (χ2n) is 5.08. The molecule has 1 saturated heterocycles. The SMILES string of the molecule is CC(NC1(C)CCOC1)c1ccc([N+](=O)[O-])cc1. The maximum atomic E-state index is 10.6. The van der Waals surface area contributed by atoms with E-state index in [1.807, 2.05) is 0 Å². The van der Waals surface area contributed by atoms with Crippen molar-refractivity contribution in [3.63, 3.8) is 0 Å². The van der Waals surface area contributed by atoms with E-state index in [1.165, 1.54) is 0 Å². The molecule has 2 atom stereocenters. The minimum absolute atomic E-state index is 0.00118. The zero-order valence-corrected chi connectivity index (χ0v) is 10.7. The Bertz CT molecular complexity index is 424. The zero-order valence-electron chi connectivity index (χ0n) is 10.7. The lowest BCUT2D eigenvalue weighted by Crippen LogP contribution is -2.44. The molecule has 1 N–H and O–H groups in total. The fourth-order valence-electron chi connectivity index (χ4n) is 2.27. The molecule has 1 aromatic rings. The molecule has 1 aliphatic heterocycles. The summed E-state index contributed by atoms with van der Waals surface area (Å²) in [6.45, 7) is 5.70. The Morgan fingerprint density at radius 2 is 2.11 bits per heavy atom. The number of nitrogens with zero attached hydrogens (tertiary/aromatic N) is 1. The highest BCUT2D eigenvalue weighted by molar-refractivity contribution is 5.34. The van der Waals surface area contributed by atoms with Crippen molar-refractivity contribution in [1.82, 2.24) is 5.32 Å². The lowest BCUT2D eigenvalue weighted by molar-refractivity contribution is -0.384. The number of ether oxygens (including phenoxy) is 1. The smallest absolute Gasteiger partial charge is 0.269 e. The van der Waals surface area contributed by atoms with E-state index in [0.29, 0.717) is 6.61 Å². The Morgan fingerprint density at radius 1 is 1.44 bits per heavy atom. The van der Waals surface area contributed by atoms with E-state index in [1.54, 1.807) is 24.3 Å². The molecule has 18 heavy (non-hydrogen) atoms. The Hall–Kier alpha value is -1.46. The average molecular weight is 250 g/mol. The van der Waals surface area contributed by atoms with Crippen LogP contribution < -0.4 is 5.32 Å². The molecule has 0 aromatic heterocycles. The van der Waals surface area contributed by atoms with Gasteiger partial charge in [0.2, 0.25) is 0 Å². The number of nitrogens with one attached hydrogen (secondary N) is 1. The molecule has 0 amide bonds. The van der Waals surface area contributed by atoms with Crippen LogP contribution in [-0.2, 0) is 4.74 Å². The van der Waals surface area contributed by atoms with Crippen LogP contribution in [0.15, 0.2) is 24.3 Å². The summed E-state index contributed by atoms with van der Waals surface area (Å²) < 4.78 is 5.40. The fourth-order valence-corrected chi connectivity index (χ4v) is 2.27. The van der Waals surface area contributed by atoms with Crippen molar-refractivity contribution in [1.29, 1.82) is 0 Å². The van der Waals surface area contributed by atoms with Crippen LogP contribution in [0.2, 0.25) is 0 Å². The van der Waals surface area contributed by atoms with Crippen molar-refractivity contribution in [3.8, 4) is 0 Å². The van der Waals surface area contributed by atoms with Gasteiger partial charge in [0.25, 0.3) is 5.69 Å². The van der Waals surface area contributed by atoms with E-state index >= 15 is 0 Å². The van der Waals surface area contributed by atoms with Crippen LogP contribution in [0.3, 0.4) is 0 Å². The molecule has 2 rings (SSSR count). The third-order valence-electron chi connectivity index (χ3n) is 3.39. The number of nitro benzene ring substituents is 1. The van der Waals surface area contributed by atoms with Gasteiger partial charge in [0.1, 0.15) is 0 Å². The van der Waals surface area contributed by atoms with E-state index < -0.39 is 0 Å². The van der Waals surface area contributed by atoms with Gasteiger partial charge in [0, 0.05) is 30.3 Å². The van der Waals surface area contributed by atoms with Crippen LogP contribution in [0.1, 0.15) is 31.9 Å². The molecule has 1 fully saturated rings. The van der Waals surface area contributed by atoms with Crippen LogP contribution >= 0.6 is 0 Å². The van der Waals surface area contributed by atoms with Crippen molar-refractivity contribution in [2.45, 2.75) is 31.8 Å². The van der Waals surface area contributed by atoms with Gasteiger partial charge in [0.15, 0.2) is 0 Å². The van der Waals surface area contributed by atoms with Crippen molar-refractivity contribution in [3.05, 3.63) is 39.9 Å². The molecule has 98 valence electrons. The van der Waals surface area contributed by atoms with Gasteiger partial charge in [-0.2, -0.15) is 0 Å². The zero-order chi connectivity index (χ0) is 13.2. The highest BCUT2D eigenvalue weighted by Gasteiger charge is 2.30. The topological polar surface area (TPSA) is 64.4 Å². The van der Waals surface area contributed by atoms with Crippen molar-refractivity contribution >= 4 is 5.69 Å². The first-order chi connectivity index (χ1) is 8.50. The third-order valence-corrected chi connectivity index (χ3v) is 3.39. The Balaban J connectivity index is 2.04. The van der Waals surface area contributed by atoms with Gasteiger partial charge in [-0.3, -0.25) is 10.1 Å². The first kappa shape index (κ1) is 13.0. The van der Waals surface area contributed by atoms with E-state index in [-0.39, 0.29) is 22.2 Å². The van der Waals surface area contributed by atoms with Crippen LogP contribution in [-0.4, -0.2) is 23.7 Å². The monoisotopic (exact) mass is 250 g/mol. The predicted molar refractivity (Wildman–Crippen MR) is 68.5 cm³/mol. The van der Waals surface area contributed by atoms with E-state index in [0.717, 1.165) is 18.6 Å². The summed E-state index contributed by atoms with van der Waals surface area (Å²) in [5, 5.41) is 14.1. The number of hydrogen-bond donors (Lipinski definition) is 1. The van der Waals surface area contributed by atoms with Gasteiger partial charge in [-0.25, -0.2) is 0 Å². The Kier molecular flexibility index (Phi) is 3.63. The molecule has 2 unspecified atom stereocenters. The second-order valence-corrected chi connectivity index (χ2v) is 5.08. The number of nitro groups is 1. The molecule has 0 saturated carbocycles. The number of benzene rings is 1. The van der Waals surface area contributed by atoms with Gasteiger partial charge < -0.3 is 10.1 Å². The highest BCUT2D eigenvalue weighted by atomic mass is 16.6. The summed E-state index contributed by atoms with van der Waals surface area (Å²) in [5.41, 5.74) is 1.18. The quantitative estimate of drug-likeness (QED) is 0.658. The molecule has 1 heterocycles. The maximum absolute atomic E-state index is 10.6. The standard InChI is InChI=1S/C13H18N2O3/c1-10(14-13(2)7-8-18-9-13)11-3-5-12(6-4-11)15(16)17/h3-6,10,14H,7-9H2,1-2H3. The van der Waals surface area contributed by atoms with Crippen LogP contribution in [0.4, 0.5) is 5.69 Å². The summed E-state index contributed by atoms with van der Waals surface area (Å²) in [7, 11) is 0. The maximum Gasteiger partial charge on any atom is 0.269 e. The number of rotatable bonds is 4. The first-order valence-corrected chi connectivity index (χ1v) is 6.10. The molecule has 0 spiro atoms. The van der Waals surface area contributed by atoms with E-state index in [2.05, 4.69) is 19.2 Å². The second kappa shape index (κ2) is 5.04. The van der Waals surface area contributed by atoms with Crippen molar-refractivity contribution in [2.24, 2.45) is 0 Å². The first-order valence-electron chi connectivity index (χ1n) is 6.10. The third kappa shape index (κ3) is 2.86. The average Bonchev–Trinajstić information content (AvgIpc) is 2.76. The molecular weight excluding hydrogens is 232 g/mol. The lowest BCUT2D eigenvalue weighted by atomic mass is 9.98. The van der Waals surface area contributed by atoms with Crippen LogP contribution in [0.25, 0.3) is 0 Å². The summed E-state index contributed by atoms with van der Waals surface area (Å²) in [6.07, 6.45) is 0.990. The molecule has 5 nitrogen and oxygen atoms in total. The van der Waals surface area contributed by atoms with Crippen LogP contribution in [0.5, 0.6) is 0 Å². The van der Waals surface area contributed by atoms with Gasteiger partial charge in [-0.15, -0.1) is 0 Å². The Morgan fingerprint density at radius 3 is 2.61 bits per heavy atom. The summed E-state index contributed by atoms with van der Waals surface area (Å²) in [4.78, 5) is 10.2. The molecule has 1 aromatic carbocycles. The van der Waals surface area contributed by atoms with E-state index in [4.69, 9.17) is 4.74 Å². The number of hydrogen-bond acceptors (Lipinski definition) is 4. The van der Waals surface area contributed by atoms with Crippen molar-refractivity contribution in [2.75, 3.05) is 13.2 Å². The van der Waals surface area contributed by atoms with E-state index in [9.17, 15) is 10.1 Å². The predicted octanol–water partition coefficient (Wildman–Crippen LogP) is 2.42. The minimum Gasteiger partial charge on any atom is -0.379 e. The van der Waals surface area contributed by atoms with Gasteiger partial charge >= 0.3 is 0 Å². The molecule has 0 bridgehead atoms. The van der Waals surface area contributed by atoms with Gasteiger partial charge in [-0.05, 0) is 25.8 Å². The molecular formula is C13H18N2O3. The highest BCUT2D eigenvalue weighted by Crippen LogP contribution is 2.24. The van der Waals surface area contributed by atoms with Crippen molar-refractivity contribution < 1.29 is 9.66 Å². The summed E-state index contributed by atoms with van der Waals surface area (Å²) >= 11 is 0. The van der Waals surface area contributed by atoms with Gasteiger partial charge in [-0.1, -0.05) is 12.1 Å².